The normalized spacial score (nSPS) is 14.2. The highest BCUT2D eigenvalue weighted by Crippen LogP contribution is 2.29. The first kappa shape index (κ1) is 23.9. The molecular formula is C29H33N5O2. The highest BCUT2D eigenvalue weighted by atomic mass is 16.5. The van der Waals surface area contributed by atoms with Crippen molar-refractivity contribution >= 4 is 17.2 Å². The van der Waals surface area contributed by atoms with Crippen LogP contribution < -0.4 is 15.0 Å². The summed E-state index contributed by atoms with van der Waals surface area (Å²) >= 11 is 0. The van der Waals surface area contributed by atoms with Crippen LogP contribution >= 0.6 is 0 Å². The summed E-state index contributed by atoms with van der Waals surface area (Å²) in [6.07, 6.45) is 5.28. The number of hydrogen-bond acceptors (Lipinski definition) is 5. The molecule has 5 rings (SSSR count). The number of nitrogens with one attached hydrogen (secondary N) is 1. The Labute approximate surface area is 212 Å². The van der Waals surface area contributed by atoms with Crippen molar-refractivity contribution in [2.75, 3.05) is 24.6 Å². The minimum Gasteiger partial charge on any atom is -0.494 e. The molecule has 186 valence electrons. The number of hydrogen-bond donors (Lipinski definition) is 1. The maximum absolute atomic E-state index is 12.9. The van der Waals surface area contributed by atoms with Gasteiger partial charge in [-0.05, 0) is 62.9 Å². The molecule has 7 nitrogen and oxygen atoms in total. The smallest absolute Gasteiger partial charge is 0.223 e. The Hall–Kier alpha value is -3.87. The molecule has 1 saturated heterocycles. The third-order valence-corrected chi connectivity index (χ3v) is 7.06. The van der Waals surface area contributed by atoms with E-state index in [-0.39, 0.29) is 11.8 Å². The molecule has 0 atom stereocenters. The van der Waals surface area contributed by atoms with Crippen LogP contribution in [0.1, 0.15) is 36.5 Å². The highest BCUT2D eigenvalue weighted by molar-refractivity contribution is 5.80. The minimum atomic E-state index is -0.00348. The lowest BCUT2D eigenvalue weighted by atomic mass is 9.95. The third-order valence-electron chi connectivity index (χ3n) is 7.06. The molecule has 0 radical (unpaired) electrons. The van der Waals surface area contributed by atoms with Crippen molar-refractivity contribution in [2.45, 2.75) is 40.2 Å². The molecule has 7 heteroatoms. The lowest BCUT2D eigenvalue weighted by Crippen LogP contribution is -2.40. The van der Waals surface area contributed by atoms with Crippen molar-refractivity contribution in [1.29, 1.82) is 0 Å². The Morgan fingerprint density at radius 2 is 1.89 bits per heavy atom. The second-order valence-electron chi connectivity index (χ2n) is 9.43. The minimum absolute atomic E-state index is 0.00348. The Balaban J connectivity index is 1.25. The summed E-state index contributed by atoms with van der Waals surface area (Å²) in [5.41, 5.74) is 6.56. The molecule has 36 heavy (non-hydrogen) atoms. The number of ether oxygens (including phenoxy) is 1. The molecule has 0 unspecified atom stereocenters. The van der Waals surface area contributed by atoms with Crippen LogP contribution in [0.3, 0.4) is 0 Å². The number of benzene rings is 2. The zero-order valence-electron chi connectivity index (χ0n) is 21.2. The first-order valence-corrected chi connectivity index (χ1v) is 12.7. The van der Waals surface area contributed by atoms with Crippen LogP contribution in [0, 0.1) is 19.8 Å². The molecule has 0 saturated carbocycles. The first-order chi connectivity index (χ1) is 17.5. The summed E-state index contributed by atoms with van der Waals surface area (Å²) in [5.74, 6) is 1.85. The van der Waals surface area contributed by atoms with Gasteiger partial charge in [0.2, 0.25) is 5.91 Å². The van der Waals surface area contributed by atoms with Crippen molar-refractivity contribution < 1.29 is 9.53 Å². The molecule has 4 aromatic rings. The van der Waals surface area contributed by atoms with E-state index in [1.807, 2.05) is 41.9 Å². The topological polar surface area (TPSA) is 71.8 Å². The Bertz CT molecular complexity index is 1370. The van der Waals surface area contributed by atoms with Crippen LogP contribution in [-0.4, -0.2) is 40.2 Å². The molecule has 0 bridgehead atoms. The van der Waals surface area contributed by atoms with Crippen molar-refractivity contribution in [3.8, 4) is 17.0 Å². The number of carbonyl (C=O) groups is 1. The van der Waals surface area contributed by atoms with Crippen molar-refractivity contribution in [2.24, 2.45) is 5.92 Å². The number of piperidine rings is 1. The van der Waals surface area contributed by atoms with Crippen LogP contribution in [0.25, 0.3) is 16.8 Å². The summed E-state index contributed by atoms with van der Waals surface area (Å²) < 4.78 is 7.59. The number of rotatable bonds is 7. The molecule has 3 heterocycles. The van der Waals surface area contributed by atoms with Gasteiger partial charge in [-0.2, -0.15) is 5.10 Å². The average Bonchev–Trinajstić information content (AvgIpc) is 3.34. The number of anilines is 1. The van der Waals surface area contributed by atoms with Gasteiger partial charge in [0.15, 0.2) is 5.82 Å². The number of aromatic nitrogens is 3. The van der Waals surface area contributed by atoms with Gasteiger partial charge in [0.25, 0.3) is 0 Å². The Morgan fingerprint density at radius 1 is 1.08 bits per heavy atom. The Kier molecular flexibility index (Phi) is 6.89. The van der Waals surface area contributed by atoms with Crippen LogP contribution in [0.15, 0.2) is 60.9 Å². The number of carbonyl (C=O) groups excluding carboxylic acids is 1. The standard InChI is InChI=1S/C29H33N5O2/c1-4-36-27-8-6-5-7-24(27)19-31-29(35)22-11-14-33(15-12-22)28-26-18-25(32-34(26)16-13-30-28)23-10-9-20(2)21(3)17-23/h5-10,13,16-18,22H,4,11-12,14-15,19H2,1-3H3,(H,31,35). The maximum atomic E-state index is 12.9. The van der Waals surface area contributed by atoms with E-state index in [2.05, 4.69) is 48.3 Å². The van der Waals surface area contributed by atoms with Gasteiger partial charge >= 0.3 is 0 Å². The fraction of sp³-hybridized carbons (Fsp3) is 0.345. The molecule has 1 aliphatic rings. The van der Waals surface area contributed by atoms with Gasteiger partial charge < -0.3 is 15.0 Å². The van der Waals surface area contributed by atoms with Crippen LogP contribution in [-0.2, 0) is 11.3 Å². The summed E-state index contributed by atoms with van der Waals surface area (Å²) in [7, 11) is 0. The lowest BCUT2D eigenvalue weighted by molar-refractivity contribution is -0.125. The third kappa shape index (κ3) is 4.91. The molecule has 2 aromatic heterocycles. The second-order valence-corrected chi connectivity index (χ2v) is 9.43. The summed E-state index contributed by atoms with van der Waals surface area (Å²) in [6.45, 7) is 8.86. The van der Waals surface area contributed by atoms with E-state index in [0.29, 0.717) is 13.2 Å². The molecule has 0 aliphatic carbocycles. The van der Waals surface area contributed by atoms with E-state index in [0.717, 1.165) is 59.8 Å². The lowest BCUT2D eigenvalue weighted by Gasteiger charge is -2.32. The first-order valence-electron chi connectivity index (χ1n) is 12.7. The number of para-hydroxylation sites is 1. The largest absolute Gasteiger partial charge is 0.494 e. The molecule has 0 spiro atoms. The molecular weight excluding hydrogens is 450 g/mol. The van der Waals surface area contributed by atoms with Gasteiger partial charge in [-0.1, -0.05) is 30.3 Å². The predicted molar refractivity (Wildman–Crippen MR) is 142 cm³/mol. The summed E-state index contributed by atoms with van der Waals surface area (Å²) in [4.78, 5) is 19.9. The molecule has 1 fully saturated rings. The van der Waals surface area contributed by atoms with Crippen LogP contribution in [0.2, 0.25) is 0 Å². The summed E-state index contributed by atoms with van der Waals surface area (Å²) in [5, 5.41) is 7.92. The SMILES string of the molecule is CCOc1ccccc1CNC(=O)C1CCN(c2nccn3nc(-c4ccc(C)c(C)c4)cc23)CC1. The van der Waals surface area contributed by atoms with E-state index in [4.69, 9.17) is 14.8 Å². The monoisotopic (exact) mass is 483 g/mol. The molecule has 1 aliphatic heterocycles. The zero-order chi connectivity index (χ0) is 25.1. The fourth-order valence-electron chi connectivity index (χ4n) is 4.82. The van der Waals surface area contributed by atoms with Gasteiger partial charge in [0, 0.05) is 49.1 Å². The van der Waals surface area contributed by atoms with Crippen LogP contribution in [0.4, 0.5) is 5.82 Å². The van der Waals surface area contributed by atoms with E-state index in [9.17, 15) is 4.79 Å². The van der Waals surface area contributed by atoms with Gasteiger partial charge in [-0.25, -0.2) is 9.50 Å². The summed E-state index contributed by atoms with van der Waals surface area (Å²) in [6, 6.07) is 16.4. The zero-order valence-corrected chi connectivity index (χ0v) is 21.2. The number of fused-ring (bicyclic) bond motifs is 1. The van der Waals surface area contributed by atoms with E-state index >= 15 is 0 Å². The van der Waals surface area contributed by atoms with E-state index < -0.39 is 0 Å². The van der Waals surface area contributed by atoms with Gasteiger partial charge in [-0.3, -0.25) is 4.79 Å². The molecule has 1 amide bonds. The van der Waals surface area contributed by atoms with E-state index in [1.165, 1.54) is 11.1 Å². The quantitative estimate of drug-likeness (QED) is 0.403. The van der Waals surface area contributed by atoms with Crippen molar-refractivity contribution in [3.63, 3.8) is 0 Å². The number of aryl methyl sites for hydroxylation is 2. The van der Waals surface area contributed by atoms with Crippen molar-refractivity contribution in [3.05, 3.63) is 77.6 Å². The Morgan fingerprint density at radius 3 is 2.67 bits per heavy atom. The van der Waals surface area contributed by atoms with Crippen molar-refractivity contribution in [1.82, 2.24) is 19.9 Å². The number of nitrogens with zero attached hydrogens (tertiary/aromatic N) is 4. The maximum Gasteiger partial charge on any atom is 0.223 e. The second kappa shape index (κ2) is 10.4. The fourth-order valence-corrected chi connectivity index (χ4v) is 4.82. The predicted octanol–water partition coefficient (Wildman–Crippen LogP) is 4.94. The molecule has 1 N–H and O–H groups in total. The van der Waals surface area contributed by atoms with Gasteiger partial charge in [0.1, 0.15) is 11.3 Å². The van der Waals surface area contributed by atoms with Gasteiger partial charge in [-0.15, -0.1) is 0 Å². The number of amides is 1. The molecule has 2 aromatic carbocycles. The van der Waals surface area contributed by atoms with Gasteiger partial charge in [0.05, 0.1) is 12.3 Å². The average molecular weight is 484 g/mol. The van der Waals surface area contributed by atoms with E-state index in [1.54, 1.807) is 6.20 Å². The highest BCUT2D eigenvalue weighted by Gasteiger charge is 2.27. The van der Waals surface area contributed by atoms with Crippen LogP contribution in [0.5, 0.6) is 5.75 Å².